The fourth-order valence-electron chi connectivity index (χ4n) is 5.60. The highest BCUT2D eigenvalue weighted by Gasteiger charge is 2.40. The van der Waals surface area contributed by atoms with Crippen LogP contribution in [0.5, 0.6) is 0 Å². The minimum atomic E-state index is -3.35. The second-order valence-electron chi connectivity index (χ2n) is 12.0. The third kappa shape index (κ3) is 6.10. The van der Waals surface area contributed by atoms with Gasteiger partial charge in [-0.1, -0.05) is 53.7 Å². The Morgan fingerprint density at radius 1 is 0.870 bits per heavy atom. The molecule has 5 aromatic rings. The summed E-state index contributed by atoms with van der Waals surface area (Å²) in [4.78, 5) is 25.7. The van der Waals surface area contributed by atoms with Crippen molar-refractivity contribution in [3.63, 3.8) is 0 Å². The van der Waals surface area contributed by atoms with Crippen LogP contribution in [0.15, 0.2) is 86.4 Å². The van der Waals surface area contributed by atoms with E-state index < -0.39 is 15.1 Å². The lowest BCUT2D eigenvalue weighted by Gasteiger charge is -2.33. The van der Waals surface area contributed by atoms with Crippen LogP contribution in [-0.2, 0) is 9.84 Å². The van der Waals surface area contributed by atoms with Crippen LogP contribution in [-0.4, -0.2) is 53.9 Å². The van der Waals surface area contributed by atoms with Crippen LogP contribution in [0, 0.1) is 0 Å². The average molecular weight is 642 g/mol. The first-order valence-electron chi connectivity index (χ1n) is 15.0. The van der Waals surface area contributed by atoms with Crippen molar-refractivity contribution in [2.24, 2.45) is 0 Å². The summed E-state index contributed by atoms with van der Waals surface area (Å²) in [5, 5.41) is 17.1. The van der Waals surface area contributed by atoms with E-state index in [2.05, 4.69) is 26.0 Å². The van der Waals surface area contributed by atoms with E-state index in [1.165, 1.54) is 6.92 Å². The molecule has 0 aliphatic heterocycles. The maximum absolute atomic E-state index is 12.9. The van der Waals surface area contributed by atoms with Crippen LogP contribution in [0.2, 0.25) is 0 Å². The zero-order chi connectivity index (χ0) is 32.0. The maximum Gasteiger partial charge on any atom is 0.290 e. The van der Waals surface area contributed by atoms with Crippen molar-refractivity contribution in [1.29, 1.82) is 0 Å². The van der Waals surface area contributed by atoms with E-state index in [1.807, 2.05) is 54.6 Å². The summed E-state index contributed by atoms with van der Waals surface area (Å²) < 4.78 is 40.0. The minimum Gasteiger partial charge on any atom is -0.459 e. The topological polar surface area (TPSA) is 170 Å². The molecule has 2 amide bonds. The number of carbonyl (C=O) groups is 2. The Morgan fingerprint density at radius 3 is 2.41 bits per heavy atom. The molecule has 2 aliphatic rings. The Hall–Kier alpha value is -5.04. The monoisotopic (exact) mass is 641 g/mol. The first-order valence-corrected chi connectivity index (χ1v) is 16.9. The normalized spacial score (nSPS) is 21.3. The number of aromatic nitrogens is 3. The van der Waals surface area contributed by atoms with Gasteiger partial charge in [-0.15, -0.1) is 10.2 Å². The molecule has 3 aromatic heterocycles. The summed E-state index contributed by atoms with van der Waals surface area (Å²) in [6.45, 7) is 1.51. The number of benzene rings is 2. The van der Waals surface area contributed by atoms with Gasteiger partial charge in [-0.3, -0.25) is 9.59 Å². The van der Waals surface area contributed by atoms with E-state index in [0.717, 1.165) is 34.9 Å². The van der Waals surface area contributed by atoms with Crippen molar-refractivity contribution in [1.82, 2.24) is 26.0 Å². The van der Waals surface area contributed by atoms with Crippen molar-refractivity contribution in [3.05, 3.63) is 102 Å². The lowest BCUT2D eigenvalue weighted by atomic mass is 9.80. The molecule has 12 nitrogen and oxygen atoms in total. The first-order chi connectivity index (χ1) is 22.1. The standard InChI is InChI=1S/C33H31N5O7S/c1-18(46(2,41)42)32-36-37-33(44-32)22-12-24(13-22)34-31(40)29-16-26(38-45-29)21-10-6-9-20(11-21)25-15-27(25)35-30(39)28-14-23(17-43-28)19-7-4-3-5-8-19/h3-11,14,16-18,22,24-25,27H,12-13,15H2,1-2H3,(H,34,40)(H,35,39). The first kappa shape index (κ1) is 29.7. The fraction of sp³-hybridized carbons (Fsp3) is 0.303. The van der Waals surface area contributed by atoms with Gasteiger partial charge in [-0.05, 0) is 49.4 Å². The van der Waals surface area contributed by atoms with Gasteiger partial charge in [0.05, 0.1) is 6.26 Å². The summed E-state index contributed by atoms with van der Waals surface area (Å²) in [7, 11) is -3.35. The van der Waals surface area contributed by atoms with Crippen molar-refractivity contribution >= 4 is 21.7 Å². The molecule has 3 unspecified atom stereocenters. The molecule has 0 radical (unpaired) electrons. The third-order valence-corrected chi connectivity index (χ3v) is 10.1. The van der Waals surface area contributed by atoms with Crippen molar-refractivity contribution in [2.45, 2.75) is 55.4 Å². The Bertz CT molecular complexity index is 2010. The summed E-state index contributed by atoms with van der Waals surface area (Å²) >= 11 is 0. The molecule has 3 atom stereocenters. The van der Waals surface area contributed by atoms with E-state index in [9.17, 15) is 18.0 Å². The zero-order valence-corrected chi connectivity index (χ0v) is 25.9. The fourth-order valence-corrected chi connectivity index (χ4v) is 6.06. The molecular weight excluding hydrogens is 610 g/mol. The average Bonchev–Trinajstić information content (AvgIpc) is 3.45. The number of hydrogen-bond acceptors (Lipinski definition) is 10. The van der Waals surface area contributed by atoms with Gasteiger partial charge in [0.15, 0.2) is 15.6 Å². The lowest BCUT2D eigenvalue weighted by molar-refractivity contribution is 0.0864. The van der Waals surface area contributed by atoms with E-state index in [0.29, 0.717) is 24.4 Å². The predicted molar refractivity (Wildman–Crippen MR) is 165 cm³/mol. The van der Waals surface area contributed by atoms with Crippen LogP contribution in [0.4, 0.5) is 0 Å². The highest BCUT2D eigenvalue weighted by Crippen LogP contribution is 2.42. The molecular formula is C33H31N5O7S. The second-order valence-corrected chi connectivity index (χ2v) is 14.3. The molecule has 2 saturated carbocycles. The number of sulfone groups is 1. The van der Waals surface area contributed by atoms with E-state index in [4.69, 9.17) is 13.4 Å². The number of furan rings is 1. The van der Waals surface area contributed by atoms with Crippen LogP contribution < -0.4 is 10.6 Å². The number of nitrogens with one attached hydrogen (secondary N) is 2. The van der Waals surface area contributed by atoms with Gasteiger partial charge in [-0.25, -0.2) is 8.42 Å². The van der Waals surface area contributed by atoms with Crippen LogP contribution in [0.3, 0.4) is 0 Å². The smallest absolute Gasteiger partial charge is 0.290 e. The largest absolute Gasteiger partial charge is 0.459 e. The summed E-state index contributed by atoms with van der Waals surface area (Å²) in [6.07, 6.45) is 4.67. The molecule has 0 saturated heterocycles. The molecule has 236 valence electrons. The summed E-state index contributed by atoms with van der Waals surface area (Å²) in [6, 6.07) is 20.8. The summed E-state index contributed by atoms with van der Waals surface area (Å²) in [5.41, 5.74) is 4.22. The molecule has 7 rings (SSSR count). The number of rotatable bonds is 10. The Morgan fingerprint density at radius 2 is 1.63 bits per heavy atom. The van der Waals surface area contributed by atoms with Gasteiger partial charge in [-0.2, -0.15) is 0 Å². The summed E-state index contributed by atoms with van der Waals surface area (Å²) in [5.74, 6) is 0.257. The quantitative estimate of drug-likeness (QED) is 0.210. The van der Waals surface area contributed by atoms with Crippen molar-refractivity contribution in [2.75, 3.05) is 6.26 Å². The zero-order valence-electron chi connectivity index (χ0n) is 25.0. The molecule has 2 aliphatic carbocycles. The number of carbonyl (C=O) groups excluding carboxylic acids is 2. The van der Waals surface area contributed by atoms with Gasteiger partial charge in [0, 0.05) is 47.4 Å². The molecule has 2 fully saturated rings. The molecule has 13 heteroatoms. The van der Waals surface area contributed by atoms with Gasteiger partial charge in [0.2, 0.25) is 17.5 Å². The van der Waals surface area contributed by atoms with Gasteiger partial charge >= 0.3 is 0 Å². The van der Waals surface area contributed by atoms with E-state index in [-0.39, 0.29) is 53.1 Å². The molecule has 3 heterocycles. The highest BCUT2D eigenvalue weighted by molar-refractivity contribution is 7.90. The Labute approximate surface area is 264 Å². The number of nitrogens with zero attached hydrogens (tertiary/aromatic N) is 3. The van der Waals surface area contributed by atoms with Crippen LogP contribution in [0.1, 0.15) is 81.7 Å². The second kappa shape index (κ2) is 11.7. The van der Waals surface area contributed by atoms with Crippen molar-refractivity contribution in [3.8, 4) is 22.4 Å². The van der Waals surface area contributed by atoms with Crippen LogP contribution in [0.25, 0.3) is 22.4 Å². The van der Waals surface area contributed by atoms with E-state index >= 15 is 0 Å². The Balaban J connectivity index is 0.919. The lowest BCUT2D eigenvalue weighted by Crippen LogP contribution is -2.43. The number of amides is 2. The Kier molecular flexibility index (Phi) is 7.55. The number of hydrogen-bond donors (Lipinski definition) is 2. The SMILES string of the molecule is CC(c1nnc(C2CC(NC(=O)c3cc(-c4cccc(C5CC5NC(=O)c5cc(-c6ccccc6)co5)c4)no3)C2)o1)S(C)(=O)=O. The van der Waals surface area contributed by atoms with Gasteiger partial charge < -0.3 is 24.0 Å². The molecule has 2 aromatic carbocycles. The van der Waals surface area contributed by atoms with E-state index in [1.54, 1.807) is 18.4 Å². The maximum atomic E-state index is 12.9. The minimum absolute atomic E-state index is 0.0141. The van der Waals surface area contributed by atoms with Gasteiger partial charge in [0.25, 0.3) is 11.8 Å². The third-order valence-electron chi connectivity index (χ3n) is 8.65. The molecule has 2 N–H and O–H groups in total. The molecule has 46 heavy (non-hydrogen) atoms. The molecule has 0 bridgehead atoms. The van der Waals surface area contributed by atoms with Gasteiger partial charge in [0.1, 0.15) is 10.9 Å². The molecule has 0 spiro atoms. The predicted octanol–water partition coefficient (Wildman–Crippen LogP) is 5.05. The van der Waals surface area contributed by atoms with Crippen molar-refractivity contribution < 1.29 is 31.4 Å². The highest BCUT2D eigenvalue weighted by atomic mass is 32.2. The van der Waals surface area contributed by atoms with Crippen LogP contribution >= 0.6 is 0 Å².